The van der Waals surface area contributed by atoms with Crippen molar-refractivity contribution < 1.29 is 14.2 Å². The Labute approximate surface area is 137 Å². The van der Waals surface area contributed by atoms with Crippen LogP contribution in [0.4, 0.5) is 4.39 Å². The van der Waals surface area contributed by atoms with E-state index in [9.17, 15) is 9.50 Å². The number of halogens is 1. The Bertz CT molecular complexity index is 872. The number of nitrogens with zero attached hydrogens (tertiary/aromatic N) is 4. The standard InChI is InChI=1S/C17H15FN4O2/c18-13-2-1-3-16(13)24-17-20-9-14(21-22-17)12-6-10-4-5-19-8-11(10)7-15(12)23/h4-9,13,16,23H,1-3H2/t13-,16-/m0/s1. The molecule has 1 aromatic carbocycles. The van der Waals surface area contributed by atoms with E-state index in [0.29, 0.717) is 24.1 Å². The van der Waals surface area contributed by atoms with E-state index in [1.807, 2.05) is 6.07 Å². The van der Waals surface area contributed by atoms with Crippen LogP contribution >= 0.6 is 0 Å². The van der Waals surface area contributed by atoms with Gasteiger partial charge in [-0.05, 0) is 42.8 Å². The maximum atomic E-state index is 13.6. The number of aromatic hydroxyl groups is 1. The fourth-order valence-electron chi connectivity index (χ4n) is 2.92. The highest BCUT2D eigenvalue weighted by Crippen LogP contribution is 2.32. The maximum absolute atomic E-state index is 13.6. The number of hydrogen-bond donors (Lipinski definition) is 1. The van der Waals surface area contributed by atoms with Gasteiger partial charge in [-0.25, -0.2) is 9.37 Å². The fraction of sp³-hybridized carbons (Fsp3) is 0.294. The van der Waals surface area contributed by atoms with Crippen LogP contribution in [-0.2, 0) is 0 Å². The van der Waals surface area contributed by atoms with Gasteiger partial charge in [0, 0.05) is 23.3 Å². The smallest absolute Gasteiger partial charge is 0.336 e. The molecule has 1 saturated carbocycles. The highest BCUT2D eigenvalue weighted by molar-refractivity contribution is 5.89. The van der Waals surface area contributed by atoms with Crippen molar-refractivity contribution in [2.75, 3.05) is 0 Å². The first kappa shape index (κ1) is 14.7. The van der Waals surface area contributed by atoms with Gasteiger partial charge in [-0.1, -0.05) is 5.10 Å². The van der Waals surface area contributed by atoms with Crippen molar-refractivity contribution in [1.29, 1.82) is 0 Å². The van der Waals surface area contributed by atoms with Crippen molar-refractivity contribution in [3.63, 3.8) is 0 Å². The second-order valence-corrected chi connectivity index (χ2v) is 5.82. The minimum Gasteiger partial charge on any atom is -0.507 e. The molecule has 3 aromatic rings. The highest BCUT2D eigenvalue weighted by Gasteiger charge is 2.29. The van der Waals surface area contributed by atoms with Crippen molar-refractivity contribution in [3.05, 3.63) is 36.8 Å². The van der Waals surface area contributed by atoms with Crippen LogP contribution in [0.3, 0.4) is 0 Å². The Morgan fingerprint density at radius 3 is 2.79 bits per heavy atom. The maximum Gasteiger partial charge on any atom is 0.336 e. The number of alkyl halides is 1. The average molecular weight is 326 g/mol. The molecule has 2 aromatic heterocycles. The third-order valence-electron chi connectivity index (χ3n) is 4.20. The van der Waals surface area contributed by atoms with E-state index >= 15 is 0 Å². The Morgan fingerprint density at radius 2 is 2.04 bits per heavy atom. The van der Waals surface area contributed by atoms with Crippen molar-refractivity contribution in [2.45, 2.75) is 31.5 Å². The summed E-state index contributed by atoms with van der Waals surface area (Å²) < 4.78 is 19.0. The fourth-order valence-corrected chi connectivity index (χ4v) is 2.92. The lowest BCUT2D eigenvalue weighted by molar-refractivity contribution is 0.113. The zero-order valence-corrected chi connectivity index (χ0v) is 12.8. The molecule has 2 atom stereocenters. The Morgan fingerprint density at radius 1 is 1.12 bits per heavy atom. The molecule has 122 valence electrons. The molecule has 1 aliphatic rings. The first-order chi connectivity index (χ1) is 11.7. The van der Waals surface area contributed by atoms with E-state index in [4.69, 9.17) is 4.74 Å². The van der Waals surface area contributed by atoms with E-state index in [0.717, 1.165) is 17.2 Å². The summed E-state index contributed by atoms with van der Waals surface area (Å²) in [6.07, 6.45) is 5.31. The molecule has 4 rings (SSSR count). The number of rotatable bonds is 3. The molecule has 1 aliphatic carbocycles. The summed E-state index contributed by atoms with van der Waals surface area (Å²) in [5.74, 6) is 0.0693. The Balaban J connectivity index is 1.61. The minimum atomic E-state index is -0.980. The molecule has 1 fully saturated rings. The van der Waals surface area contributed by atoms with Crippen LogP contribution in [0, 0.1) is 0 Å². The summed E-state index contributed by atoms with van der Waals surface area (Å²) in [6.45, 7) is 0. The number of ether oxygens (including phenoxy) is 1. The Kier molecular flexibility index (Phi) is 3.68. The van der Waals surface area contributed by atoms with Gasteiger partial charge < -0.3 is 9.84 Å². The number of aromatic nitrogens is 4. The van der Waals surface area contributed by atoms with E-state index in [1.165, 1.54) is 6.20 Å². The van der Waals surface area contributed by atoms with Crippen LogP contribution in [0.1, 0.15) is 19.3 Å². The summed E-state index contributed by atoms with van der Waals surface area (Å²) in [4.78, 5) is 8.11. The molecule has 0 radical (unpaired) electrons. The number of phenols is 1. The van der Waals surface area contributed by atoms with Crippen molar-refractivity contribution in [3.8, 4) is 23.0 Å². The summed E-state index contributed by atoms with van der Waals surface area (Å²) in [5, 5.41) is 19.9. The Hall–Kier alpha value is -2.83. The third-order valence-corrected chi connectivity index (χ3v) is 4.20. The van der Waals surface area contributed by atoms with Gasteiger partial charge in [0.05, 0.1) is 6.20 Å². The average Bonchev–Trinajstić information content (AvgIpc) is 3.00. The summed E-state index contributed by atoms with van der Waals surface area (Å²) in [6, 6.07) is 5.32. The predicted octanol–water partition coefficient (Wildman–Crippen LogP) is 3.06. The zero-order valence-electron chi connectivity index (χ0n) is 12.8. The molecule has 0 saturated heterocycles. The van der Waals surface area contributed by atoms with E-state index < -0.39 is 12.3 Å². The zero-order chi connectivity index (χ0) is 16.5. The SMILES string of the molecule is Oc1cc2cnccc2cc1-c1cnc(O[C@H]2CCC[C@@H]2F)nn1. The van der Waals surface area contributed by atoms with Crippen LogP contribution in [0.15, 0.2) is 36.8 Å². The summed E-state index contributed by atoms with van der Waals surface area (Å²) >= 11 is 0. The minimum absolute atomic E-state index is 0.0535. The monoisotopic (exact) mass is 326 g/mol. The van der Waals surface area contributed by atoms with E-state index in [1.54, 1.807) is 24.5 Å². The largest absolute Gasteiger partial charge is 0.507 e. The molecule has 1 N–H and O–H groups in total. The highest BCUT2D eigenvalue weighted by atomic mass is 19.1. The number of benzene rings is 1. The van der Waals surface area contributed by atoms with Crippen molar-refractivity contribution >= 4 is 10.8 Å². The second-order valence-electron chi connectivity index (χ2n) is 5.82. The lowest BCUT2D eigenvalue weighted by atomic mass is 10.1. The van der Waals surface area contributed by atoms with Gasteiger partial charge in [-0.3, -0.25) is 4.98 Å². The number of fused-ring (bicyclic) bond motifs is 1. The normalized spacial score (nSPS) is 20.4. The lowest BCUT2D eigenvalue weighted by Gasteiger charge is -2.13. The van der Waals surface area contributed by atoms with Crippen LogP contribution in [-0.4, -0.2) is 37.5 Å². The molecule has 2 heterocycles. The molecule has 0 bridgehead atoms. The molecule has 0 unspecified atom stereocenters. The van der Waals surface area contributed by atoms with Gasteiger partial charge in [0.1, 0.15) is 23.7 Å². The van der Waals surface area contributed by atoms with E-state index in [-0.39, 0.29) is 11.8 Å². The molecule has 6 nitrogen and oxygen atoms in total. The van der Waals surface area contributed by atoms with Crippen LogP contribution < -0.4 is 4.74 Å². The molecule has 7 heteroatoms. The molecular formula is C17H15FN4O2. The van der Waals surface area contributed by atoms with Crippen molar-refractivity contribution in [2.24, 2.45) is 0 Å². The van der Waals surface area contributed by atoms with Gasteiger partial charge in [-0.15, -0.1) is 5.10 Å². The number of phenolic OH excluding ortho intramolecular Hbond substituents is 1. The van der Waals surface area contributed by atoms with Gasteiger partial charge in [-0.2, -0.15) is 0 Å². The van der Waals surface area contributed by atoms with Gasteiger partial charge >= 0.3 is 6.01 Å². The molecule has 24 heavy (non-hydrogen) atoms. The lowest BCUT2D eigenvalue weighted by Crippen LogP contribution is -2.23. The quantitative estimate of drug-likeness (QED) is 0.796. The third kappa shape index (κ3) is 2.73. The summed E-state index contributed by atoms with van der Waals surface area (Å²) in [5.41, 5.74) is 0.936. The van der Waals surface area contributed by atoms with Gasteiger partial charge in [0.25, 0.3) is 0 Å². The number of hydrogen-bond acceptors (Lipinski definition) is 6. The first-order valence-electron chi connectivity index (χ1n) is 7.78. The topological polar surface area (TPSA) is 81.0 Å². The molecule has 0 amide bonds. The summed E-state index contributed by atoms with van der Waals surface area (Å²) in [7, 11) is 0. The predicted molar refractivity (Wildman–Crippen MR) is 85.4 cm³/mol. The van der Waals surface area contributed by atoms with Crippen molar-refractivity contribution in [1.82, 2.24) is 20.2 Å². The van der Waals surface area contributed by atoms with Crippen LogP contribution in [0.25, 0.3) is 22.0 Å². The van der Waals surface area contributed by atoms with Crippen LogP contribution in [0.2, 0.25) is 0 Å². The van der Waals surface area contributed by atoms with Gasteiger partial charge in [0.2, 0.25) is 0 Å². The molecular weight excluding hydrogens is 311 g/mol. The van der Waals surface area contributed by atoms with Gasteiger partial charge in [0.15, 0.2) is 0 Å². The molecule has 0 aliphatic heterocycles. The molecule has 0 spiro atoms. The van der Waals surface area contributed by atoms with E-state index in [2.05, 4.69) is 20.2 Å². The first-order valence-corrected chi connectivity index (χ1v) is 7.78. The number of pyridine rings is 1. The van der Waals surface area contributed by atoms with Crippen LogP contribution in [0.5, 0.6) is 11.8 Å². The second kappa shape index (κ2) is 5.99.